The minimum atomic E-state index is -0.694. The Hall–Kier alpha value is -6.76. The molecule has 12 fully saturated rings. The zero-order valence-corrected chi connectivity index (χ0v) is 56.1. The highest BCUT2D eigenvalue weighted by Crippen LogP contribution is 2.58. The molecule has 12 saturated carbocycles. The van der Waals surface area contributed by atoms with Crippen molar-refractivity contribution in [1.29, 1.82) is 0 Å². The molecular weight excluding hydrogens is 1320 g/mol. The van der Waals surface area contributed by atoms with Gasteiger partial charge in [-0.2, -0.15) is 0 Å². The van der Waals surface area contributed by atoms with Gasteiger partial charge in [0.25, 0.3) is 17.7 Å². The van der Waals surface area contributed by atoms with Crippen LogP contribution >= 0.6 is 69.6 Å². The van der Waals surface area contributed by atoms with E-state index < -0.39 is 5.97 Å². The van der Waals surface area contributed by atoms with Crippen molar-refractivity contribution < 1.29 is 48.1 Å². The fourth-order valence-electron chi connectivity index (χ4n) is 15.5. The van der Waals surface area contributed by atoms with Crippen LogP contribution in [0.4, 0.5) is 0 Å². The van der Waals surface area contributed by atoms with E-state index in [1.54, 1.807) is 84.9 Å². The largest absolute Gasteiger partial charge is 0.484 e. The Labute approximate surface area is 576 Å². The lowest BCUT2D eigenvalue weighted by Gasteiger charge is -2.48. The molecule has 6 aromatic carbocycles. The molecule has 0 saturated heterocycles. The third-order valence-corrected chi connectivity index (χ3v) is 21.7. The van der Waals surface area contributed by atoms with Crippen molar-refractivity contribution in [2.24, 2.45) is 23.5 Å². The van der Waals surface area contributed by atoms with E-state index in [2.05, 4.69) is 26.6 Å². The van der Waals surface area contributed by atoms with Crippen molar-refractivity contribution in [3.8, 4) is 17.2 Å². The van der Waals surface area contributed by atoms with Gasteiger partial charge >= 0.3 is 5.97 Å². The van der Waals surface area contributed by atoms with E-state index in [4.69, 9.17) is 94.7 Å². The van der Waals surface area contributed by atoms with E-state index in [9.17, 15) is 28.8 Å². The summed E-state index contributed by atoms with van der Waals surface area (Å²) in [5, 5.41) is 28.6. The van der Waals surface area contributed by atoms with Crippen LogP contribution in [0, 0.1) is 17.8 Å². The Morgan fingerprint density at radius 2 is 0.606 bits per heavy atom. The number of fused-ring (bicyclic) bond motifs is 3. The number of nitrogens with one attached hydrogen (secondary N) is 5. The van der Waals surface area contributed by atoms with Crippen LogP contribution in [0.25, 0.3) is 0 Å². The van der Waals surface area contributed by atoms with Gasteiger partial charge in [-0.25, -0.2) is 0 Å². The molecule has 12 aliphatic carbocycles. The zero-order valence-electron chi connectivity index (χ0n) is 51.5. The molecule has 12 aliphatic rings. The number of hydrogen-bond acceptors (Lipinski definition) is 10. The molecule has 494 valence electrons. The van der Waals surface area contributed by atoms with Crippen molar-refractivity contribution in [3.63, 3.8) is 0 Å². The van der Waals surface area contributed by atoms with Gasteiger partial charge in [0.1, 0.15) is 17.2 Å². The van der Waals surface area contributed by atoms with Crippen molar-refractivity contribution in [1.82, 2.24) is 26.6 Å². The molecule has 94 heavy (non-hydrogen) atoms. The molecule has 0 heterocycles. The van der Waals surface area contributed by atoms with Gasteiger partial charge in [0.05, 0.1) is 5.92 Å². The Bertz CT molecular complexity index is 3610. The molecule has 6 unspecified atom stereocenters. The lowest BCUT2D eigenvalue weighted by atomic mass is 9.71. The maximum atomic E-state index is 12.8. The van der Waals surface area contributed by atoms with Gasteiger partial charge in [-0.15, -0.1) is 0 Å². The van der Waals surface area contributed by atoms with E-state index in [0.717, 1.165) is 102 Å². The predicted octanol–water partition coefficient (Wildman–Crippen LogP) is 13.3. The highest BCUT2D eigenvalue weighted by atomic mass is 35.5. The zero-order chi connectivity index (χ0) is 66.2. The number of carbonyl (C=O) groups is 6. The first-order valence-electron chi connectivity index (χ1n) is 31.9. The summed E-state index contributed by atoms with van der Waals surface area (Å²) in [6.07, 6.45) is 13.0. The van der Waals surface area contributed by atoms with Crippen LogP contribution in [0.3, 0.4) is 0 Å². The fourth-order valence-corrected chi connectivity index (χ4v) is 16.2. The number of carboxylic acid groups (broad SMARTS) is 1. The summed E-state index contributed by atoms with van der Waals surface area (Å²) in [4.78, 5) is 72.8. The second-order valence-electron chi connectivity index (χ2n) is 27.5. The molecule has 5 amide bonds. The Morgan fingerprint density at radius 3 is 0.872 bits per heavy atom. The number of aliphatic carboxylic acids is 1. The van der Waals surface area contributed by atoms with Gasteiger partial charge < -0.3 is 51.6 Å². The second kappa shape index (κ2) is 27.4. The van der Waals surface area contributed by atoms with E-state index in [0.29, 0.717) is 47.4 Å². The average Bonchev–Trinajstić information content (AvgIpc) is 1.57. The summed E-state index contributed by atoms with van der Waals surface area (Å²) < 4.78 is 16.5. The molecule has 22 heteroatoms. The average molecular weight is 1400 g/mol. The van der Waals surface area contributed by atoms with Gasteiger partial charge in [0.2, 0.25) is 11.8 Å². The minimum Gasteiger partial charge on any atom is -0.484 e. The number of carboxylic acids is 1. The number of rotatable bonds is 20. The lowest BCUT2D eigenvalue weighted by Crippen LogP contribution is -2.65. The van der Waals surface area contributed by atoms with E-state index in [1.807, 2.05) is 60.7 Å². The van der Waals surface area contributed by atoms with Gasteiger partial charge in [0.15, 0.2) is 19.8 Å². The predicted molar refractivity (Wildman–Crippen MR) is 362 cm³/mol. The third-order valence-electron chi connectivity index (χ3n) is 20.2. The third kappa shape index (κ3) is 16.4. The van der Waals surface area contributed by atoms with Gasteiger partial charge in [-0.1, -0.05) is 106 Å². The van der Waals surface area contributed by atoms with Crippen molar-refractivity contribution >= 4 is 105 Å². The Balaban J connectivity index is 0.000000126. The summed E-state index contributed by atoms with van der Waals surface area (Å²) in [5.74, 6) is 1.73. The molecule has 0 spiro atoms. The summed E-state index contributed by atoms with van der Waals surface area (Å²) in [6.45, 7) is -0.0396. The normalized spacial score (nSPS) is 29.9. The van der Waals surface area contributed by atoms with Crippen LogP contribution in [0.2, 0.25) is 30.1 Å². The molecule has 6 aromatic rings. The van der Waals surface area contributed by atoms with E-state index in [-0.39, 0.29) is 118 Å². The summed E-state index contributed by atoms with van der Waals surface area (Å²) in [6, 6.07) is 43.7. The molecular formula is C72H74Cl6N6O10. The molecule has 0 aromatic heterocycles. The van der Waals surface area contributed by atoms with Crippen LogP contribution < -0.4 is 46.5 Å². The smallest absolute Gasteiger partial charge is 0.307 e. The number of amides is 5. The van der Waals surface area contributed by atoms with E-state index in [1.165, 1.54) is 11.1 Å². The van der Waals surface area contributed by atoms with E-state index >= 15 is 0 Å². The van der Waals surface area contributed by atoms with Crippen molar-refractivity contribution in [2.75, 3.05) is 19.8 Å². The Morgan fingerprint density at radius 1 is 0.362 bits per heavy atom. The first-order valence-corrected chi connectivity index (χ1v) is 34.2. The topological polar surface area (TPSA) is 237 Å². The SMILES string of the molecule is NC12CCC(NC(=O)COc3ccc(Cl)cc3)(C1)C2.O=C(COc1ccc(Cl)cc1)NC12CCC(NC(=O)C3CC3c3ccc(Cl)cc3)(C1)C2.O=C(COc1ccc(Cl)cc1)NC12CCC(NC(=O)C3CC3c3ccc(Cl)cc3)(C1)C2.O=C(O)C1CC1c1ccc(Cl)cc1. The monoisotopic (exact) mass is 1390 g/mol. The standard InChI is InChI=1S/2C24H24Cl2N2O3.C14H17ClN2O2.C10H9ClO2/c2*25-16-3-1-15(2-4-16)19-11-20(19)22(30)28-24-10-9-23(13-24,14-24)27-21(29)12-31-18-7-5-17(26)6-8-18;15-10-1-3-11(4-2-10)19-7-12(18)17-14-6-5-13(16,8-14)9-14;11-7-3-1-6(2-4-7)8-5-9(8)10(12)13/h2*1-8,19-20H,9-14H2,(H,27,29)(H,28,30);1-4H,5-9,16H2,(H,17,18);1-4,8-9H,5H2,(H,12,13). The highest BCUT2D eigenvalue weighted by molar-refractivity contribution is 6.32. The molecule has 0 aliphatic heterocycles. The van der Waals surface area contributed by atoms with Crippen LogP contribution in [-0.4, -0.2) is 93.7 Å². The molecule has 0 radical (unpaired) electrons. The van der Waals surface area contributed by atoms with Gasteiger partial charge in [-0.05, 0) is 240 Å². The summed E-state index contributed by atoms with van der Waals surface area (Å²) >= 11 is 35.1. The summed E-state index contributed by atoms with van der Waals surface area (Å²) in [5.41, 5.74) is 8.65. The number of nitrogens with two attached hydrogens (primary N) is 1. The van der Waals surface area contributed by atoms with Gasteiger partial charge in [-0.3, -0.25) is 28.8 Å². The van der Waals surface area contributed by atoms with Crippen LogP contribution in [0.1, 0.15) is 131 Å². The van der Waals surface area contributed by atoms with Crippen molar-refractivity contribution in [3.05, 3.63) is 192 Å². The number of ether oxygens (including phenoxy) is 3. The summed E-state index contributed by atoms with van der Waals surface area (Å²) in [7, 11) is 0. The molecule has 16 nitrogen and oxygen atoms in total. The Kier molecular flexibility index (Phi) is 19.6. The van der Waals surface area contributed by atoms with Crippen molar-refractivity contribution in [2.45, 2.75) is 147 Å². The number of halogens is 6. The minimum absolute atomic E-state index is 0.0235. The molecule has 6 atom stereocenters. The van der Waals surface area contributed by atoms with Gasteiger partial charge in [0, 0.05) is 75.2 Å². The van der Waals surface area contributed by atoms with Crippen LogP contribution in [0.5, 0.6) is 17.2 Å². The molecule has 6 bridgehead atoms. The molecule has 18 rings (SSSR count). The lowest BCUT2D eigenvalue weighted by molar-refractivity contribution is -0.138. The number of benzene rings is 6. The quantitative estimate of drug-likeness (QED) is 0.0380. The fraction of sp³-hybridized carbons (Fsp3) is 0.417. The van der Waals surface area contributed by atoms with Crippen LogP contribution in [0.15, 0.2) is 146 Å². The first kappa shape index (κ1) is 67.2. The number of hydrogen-bond donors (Lipinski definition) is 7. The maximum absolute atomic E-state index is 12.8. The molecule has 8 N–H and O–H groups in total. The second-order valence-corrected chi connectivity index (χ2v) is 30.1. The first-order chi connectivity index (χ1) is 44.9. The number of carbonyl (C=O) groups excluding carboxylic acids is 5. The maximum Gasteiger partial charge on any atom is 0.307 e. The highest BCUT2D eigenvalue weighted by Gasteiger charge is 2.64. The van der Waals surface area contributed by atoms with Crippen LogP contribution in [-0.2, 0) is 28.8 Å².